The fourth-order valence-corrected chi connectivity index (χ4v) is 1.59. The fraction of sp³-hybridized carbons (Fsp3) is 0.417. The van der Waals surface area contributed by atoms with Gasteiger partial charge in [0, 0.05) is 11.3 Å². The van der Waals surface area contributed by atoms with Gasteiger partial charge < -0.3 is 15.6 Å². The number of unbranched alkanes of at least 4 members (excludes halogenated alkanes) is 2. The van der Waals surface area contributed by atoms with E-state index >= 15 is 0 Å². The average Bonchev–Trinajstić information content (AvgIpc) is 2.18. The van der Waals surface area contributed by atoms with Crippen molar-refractivity contribution < 1.29 is 9.90 Å². The summed E-state index contributed by atoms with van der Waals surface area (Å²) >= 11 is 0. The van der Waals surface area contributed by atoms with Crippen LogP contribution in [0.4, 0.5) is 5.69 Å². The van der Waals surface area contributed by atoms with Gasteiger partial charge in [-0.3, -0.25) is 0 Å². The highest BCUT2D eigenvalue weighted by Crippen LogP contribution is 2.16. The minimum atomic E-state index is -1.12. The highest BCUT2D eigenvalue weighted by molar-refractivity contribution is 5.88. The van der Waals surface area contributed by atoms with Crippen molar-refractivity contribution in [1.82, 2.24) is 0 Å². The van der Waals surface area contributed by atoms with Crippen molar-refractivity contribution >= 4 is 11.7 Å². The van der Waals surface area contributed by atoms with E-state index in [1.807, 2.05) is 0 Å². The Morgan fingerprint density at radius 2 is 2.13 bits per heavy atom. The molecule has 0 saturated heterocycles. The molecule has 0 radical (unpaired) electrons. The molecule has 0 amide bonds. The van der Waals surface area contributed by atoms with Crippen molar-refractivity contribution in [3.05, 3.63) is 29.3 Å². The lowest BCUT2D eigenvalue weighted by molar-refractivity contribution is -0.255. The van der Waals surface area contributed by atoms with Crippen LogP contribution in [0.3, 0.4) is 0 Å². The molecule has 3 heteroatoms. The van der Waals surface area contributed by atoms with Crippen LogP contribution in [0.5, 0.6) is 0 Å². The zero-order chi connectivity index (χ0) is 11.3. The maximum atomic E-state index is 10.8. The summed E-state index contributed by atoms with van der Waals surface area (Å²) in [5.74, 6) is -1.12. The Morgan fingerprint density at radius 3 is 2.73 bits per heavy atom. The molecule has 0 saturated carbocycles. The first-order valence-corrected chi connectivity index (χ1v) is 5.25. The monoisotopic (exact) mass is 206 g/mol. The summed E-state index contributed by atoms with van der Waals surface area (Å²) in [4.78, 5) is 10.8. The summed E-state index contributed by atoms with van der Waals surface area (Å²) < 4.78 is 0. The molecule has 0 bridgehead atoms. The normalized spacial score (nSPS) is 10.2. The molecule has 0 atom stereocenters. The lowest BCUT2D eigenvalue weighted by Crippen LogP contribution is -2.23. The quantitative estimate of drug-likeness (QED) is 0.584. The first kappa shape index (κ1) is 11.6. The number of hydrogen-bond donors (Lipinski definition) is 1. The van der Waals surface area contributed by atoms with Gasteiger partial charge in [0.2, 0.25) is 0 Å². The van der Waals surface area contributed by atoms with Gasteiger partial charge in [0.1, 0.15) is 0 Å². The Hall–Kier alpha value is -1.51. The minimum Gasteiger partial charge on any atom is -0.545 e. The summed E-state index contributed by atoms with van der Waals surface area (Å²) in [6.07, 6.45) is 3.95. The number of nitrogen functional groups attached to an aromatic ring is 1. The number of aromatic carboxylic acids is 1. The van der Waals surface area contributed by atoms with E-state index in [0.717, 1.165) is 31.2 Å². The molecule has 1 aromatic rings. The fourth-order valence-electron chi connectivity index (χ4n) is 1.59. The summed E-state index contributed by atoms with van der Waals surface area (Å²) in [6, 6.07) is 4.83. The lowest BCUT2D eigenvalue weighted by Gasteiger charge is -2.10. The topological polar surface area (TPSA) is 66.2 Å². The molecule has 0 aliphatic heterocycles. The largest absolute Gasteiger partial charge is 0.545 e. The first-order valence-electron chi connectivity index (χ1n) is 5.25. The van der Waals surface area contributed by atoms with Gasteiger partial charge in [0.15, 0.2) is 0 Å². The van der Waals surface area contributed by atoms with Gasteiger partial charge >= 0.3 is 0 Å². The smallest absolute Gasteiger partial charge is 0.0718 e. The Balaban J connectivity index is 2.82. The zero-order valence-electron chi connectivity index (χ0n) is 8.95. The van der Waals surface area contributed by atoms with Crippen LogP contribution in [0.2, 0.25) is 0 Å². The molecule has 0 unspecified atom stereocenters. The van der Waals surface area contributed by atoms with E-state index in [4.69, 9.17) is 5.73 Å². The second kappa shape index (κ2) is 5.39. The second-order valence-corrected chi connectivity index (χ2v) is 3.66. The zero-order valence-corrected chi connectivity index (χ0v) is 8.95. The molecule has 2 N–H and O–H groups in total. The second-order valence-electron chi connectivity index (χ2n) is 3.66. The number of carbonyl (C=O) groups is 1. The summed E-state index contributed by atoms with van der Waals surface area (Å²) in [7, 11) is 0. The predicted octanol–water partition coefficient (Wildman–Crippen LogP) is 1.37. The number of rotatable bonds is 5. The number of carboxylic acids is 1. The number of nitrogens with two attached hydrogens (primary N) is 1. The molecule has 0 spiro atoms. The molecule has 0 fully saturated rings. The highest BCUT2D eigenvalue weighted by Gasteiger charge is 2.03. The van der Waals surface area contributed by atoms with E-state index in [1.54, 1.807) is 12.1 Å². The summed E-state index contributed by atoms with van der Waals surface area (Å²) in [5, 5.41) is 10.8. The molecule has 0 aliphatic carbocycles. The number of benzene rings is 1. The molecule has 82 valence electrons. The molecule has 1 aromatic carbocycles. The van der Waals surface area contributed by atoms with E-state index in [9.17, 15) is 9.90 Å². The van der Waals surface area contributed by atoms with Crippen LogP contribution in [0.15, 0.2) is 18.2 Å². The van der Waals surface area contributed by atoms with E-state index in [-0.39, 0.29) is 5.56 Å². The number of anilines is 1. The standard InChI is InChI=1S/C12H17NO2/c1-2-3-4-5-9-8-10(13)6-7-11(9)12(14)15/h6-8H,2-5,13H2,1H3,(H,14,15)/p-1. The third kappa shape index (κ3) is 3.27. The molecule has 0 aliphatic rings. The molecule has 1 rings (SSSR count). The molecule has 15 heavy (non-hydrogen) atoms. The highest BCUT2D eigenvalue weighted by atomic mass is 16.4. The predicted molar refractivity (Wildman–Crippen MR) is 58.4 cm³/mol. The van der Waals surface area contributed by atoms with Gasteiger partial charge in [-0.2, -0.15) is 0 Å². The Labute approximate surface area is 89.9 Å². The van der Waals surface area contributed by atoms with Gasteiger partial charge in [-0.15, -0.1) is 0 Å². The lowest BCUT2D eigenvalue weighted by atomic mass is 10.0. The molecule has 3 nitrogen and oxygen atoms in total. The van der Waals surface area contributed by atoms with E-state index in [1.165, 1.54) is 6.07 Å². The number of aryl methyl sites for hydroxylation is 1. The van der Waals surface area contributed by atoms with Crippen molar-refractivity contribution in [2.75, 3.05) is 5.73 Å². The Kier molecular flexibility index (Phi) is 4.16. The SMILES string of the molecule is CCCCCc1cc(N)ccc1C(=O)[O-]. The van der Waals surface area contributed by atoms with Crippen molar-refractivity contribution in [2.45, 2.75) is 32.6 Å². The van der Waals surface area contributed by atoms with Crippen LogP contribution in [0, 0.1) is 0 Å². The molecule has 0 heterocycles. The van der Waals surface area contributed by atoms with Gasteiger partial charge in [-0.05, 0) is 30.5 Å². The average molecular weight is 206 g/mol. The van der Waals surface area contributed by atoms with E-state index in [2.05, 4.69) is 6.92 Å². The third-order valence-electron chi connectivity index (χ3n) is 2.40. The Bertz CT molecular complexity index is 347. The summed E-state index contributed by atoms with van der Waals surface area (Å²) in [5.41, 5.74) is 7.27. The van der Waals surface area contributed by atoms with Crippen LogP contribution in [-0.2, 0) is 6.42 Å². The van der Waals surface area contributed by atoms with E-state index < -0.39 is 5.97 Å². The molecular formula is C12H16NO2-. The van der Waals surface area contributed by atoms with E-state index in [0.29, 0.717) is 5.69 Å². The maximum Gasteiger partial charge on any atom is 0.0718 e. The van der Waals surface area contributed by atoms with Crippen molar-refractivity contribution in [2.24, 2.45) is 0 Å². The van der Waals surface area contributed by atoms with Crippen molar-refractivity contribution in [1.29, 1.82) is 0 Å². The van der Waals surface area contributed by atoms with Gasteiger partial charge in [0.05, 0.1) is 5.97 Å². The number of carbonyl (C=O) groups excluding carboxylic acids is 1. The molecule has 0 aromatic heterocycles. The number of hydrogen-bond acceptors (Lipinski definition) is 3. The van der Waals surface area contributed by atoms with Crippen molar-refractivity contribution in [3.8, 4) is 0 Å². The van der Waals surface area contributed by atoms with Crippen molar-refractivity contribution in [3.63, 3.8) is 0 Å². The van der Waals surface area contributed by atoms with Gasteiger partial charge in [-0.1, -0.05) is 25.8 Å². The van der Waals surface area contributed by atoms with Crippen LogP contribution in [-0.4, -0.2) is 5.97 Å². The Morgan fingerprint density at radius 1 is 1.40 bits per heavy atom. The maximum absolute atomic E-state index is 10.8. The first-order chi connectivity index (χ1) is 7.15. The third-order valence-corrected chi connectivity index (χ3v) is 2.40. The molecular weight excluding hydrogens is 190 g/mol. The van der Waals surface area contributed by atoms with Crippen LogP contribution >= 0.6 is 0 Å². The minimum absolute atomic E-state index is 0.264. The number of carboxylic acid groups (broad SMARTS) is 1. The van der Waals surface area contributed by atoms with Crippen LogP contribution < -0.4 is 10.8 Å². The van der Waals surface area contributed by atoms with Crippen LogP contribution in [0.1, 0.15) is 42.1 Å². The summed E-state index contributed by atoms with van der Waals surface area (Å²) in [6.45, 7) is 2.11. The van der Waals surface area contributed by atoms with Gasteiger partial charge in [-0.25, -0.2) is 0 Å². The van der Waals surface area contributed by atoms with Gasteiger partial charge in [0.25, 0.3) is 0 Å². The van der Waals surface area contributed by atoms with Crippen LogP contribution in [0.25, 0.3) is 0 Å².